The van der Waals surface area contributed by atoms with Crippen molar-refractivity contribution in [1.29, 1.82) is 5.26 Å². The van der Waals surface area contributed by atoms with Gasteiger partial charge in [-0.25, -0.2) is 4.98 Å². The highest BCUT2D eigenvalue weighted by molar-refractivity contribution is 5.31. The van der Waals surface area contributed by atoms with Crippen molar-refractivity contribution in [2.24, 2.45) is 0 Å². The van der Waals surface area contributed by atoms with Gasteiger partial charge in [0.15, 0.2) is 0 Å². The Kier molecular flexibility index (Phi) is 2.11. The first kappa shape index (κ1) is 8.02. The normalized spacial score (nSPS) is 15.9. The number of nitrogens with one attached hydrogen (secondary N) is 1. The smallest absolute Gasteiger partial charge is 0.214 e. The van der Waals surface area contributed by atoms with Crippen LogP contribution in [0.4, 0.5) is 0 Å². The summed E-state index contributed by atoms with van der Waals surface area (Å²) < 4.78 is 5.47. The molecule has 0 atom stereocenters. The van der Waals surface area contributed by atoms with Gasteiger partial charge < -0.3 is 10.1 Å². The van der Waals surface area contributed by atoms with Crippen LogP contribution in [0.3, 0.4) is 0 Å². The molecule has 0 unspecified atom stereocenters. The molecule has 1 aliphatic heterocycles. The molecule has 0 spiro atoms. The van der Waals surface area contributed by atoms with E-state index in [4.69, 9.17) is 10.00 Å². The lowest BCUT2D eigenvalue weighted by Gasteiger charge is -2.27. The van der Waals surface area contributed by atoms with E-state index < -0.39 is 0 Å². The lowest BCUT2D eigenvalue weighted by Crippen LogP contribution is -2.50. The van der Waals surface area contributed by atoms with Crippen molar-refractivity contribution in [2.75, 3.05) is 13.1 Å². The Labute approximate surface area is 76.2 Å². The van der Waals surface area contributed by atoms with Crippen LogP contribution >= 0.6 is 0 Å². The molecule has 66 valence electrons. The number of aromatic nitrogens is 1. The van der Waals surface area contributed by atoms with Crippen molar-refractivity contribution < 1.29 is 4.74 Å². The third-order valence-corrected chi connectivity index (χ3v) is 1.90. The minimum atomic E-state index is 0.210. The minimum Gasteiger partial charge on any atom is -0.472 e. The lowest BCUT2D eigenvalue weighted by atomic mass is 10.2. The second-order valence-corrected chi connectivity index (χ2v) is 2.89. The molecule has 0 radical (unpaired) electrons. The molecule has 1 fully saturated rings. The average molecular weight is 175 g/mol. The van der Waals surface area contributed by atoms with Crippen molar-refractivity contribution in [3.63, 3.8) is 0 Å². The molecular formula is C9H9N3O. The van der Waals surface area contributed by atoms with Crippen molar-refractivity contribution in [1.82, 2.24) is 10.3 Å². The van der Waals surface area contributed by atoms with E-state index in [-0.39, 0.29) is 6.10 Å². The average Bonchev–Trinajstić information content (AvgIpc) is 2.12. The predicted molar refractivity (Wildman–Crippen MR) is 46.2 cm³/mol. The molecule has 1 aliphatic rings. The molecule has 4 nitrogen and oxygen atoms in total. The summed E-state index contributed by atoms with van der Waals surface area (Å²) in [6, 6.07) is 5.35. The molecule has 4 heteroatoms. The first-order valence-electron chi connectivity index (χ1n) is 4.12. The SMILES string of the molecule is N#Cc1ccnc(OC2CNC2)c1. The number of nitrogens with zero attached hydrogens (tertiary/aromatic N) is 2. The highest BCUT2D eigenvalue weighted by Crippen LogP contribution is 2.11. The quantitative estimate of drug-likeness (QED) is 0.702. The Balaban J connectivity index is 2.07. The Morgan fingerprint density at radius 2 is 2.46 bits per heavy atom. The molecule has 0 bridgehead atoms. The van der Waals surface area contributed by atoms with Crippen LogP contribution in [0, 0.1) is 11.3 Å². The van der Waals surface area contributed by atoms with Crippen LogP contribution in [0.5, 0.6) is 5.88 Å². The van der Waals surface area contributed by atoms with E-state index >= 15 is 0 Å². The molecule has 1 N–H and O–H groups in total. The lowest BCUT2D eigenvalue weighted by molar-refractivity contribution is 0.136. The van der Waals surface area contributed by atoms with E-state index in [1.54, 1.807) is 18.3 Å². The Bertz CT molecular complexity index is 341. The summed E-state index contributed by atoms with van der Waals surface area (Å²) in [6.07, 6.45) is 1.79. The summed E-state index contributed by atoms with van der Waals surface area (Å²) in [4.78, 5) is 4.01. The van der Waals surface area contributed by atoms with Gasteiger partial charge in [0.1, 0.15) is 6.10 Å². The maximum absolute atomic E-state index is 8.62. The van der Waals surface area contributed by atoms with Crippen molar-refractivity contribution in [3.8, 4) is 11.9 Å². The second kappa shape index (κ2) is 3.42. The van der Waals surface area contributed by atoms with E-state index in [2.05, 4.69) is 10.3 Å². The molecule has 13 heavy (non-hydrogen) atoms. The van der Waals surface area contributed by atoms with Gasteiger partial charge in [-0.1, -0.05) is 0 Å². The van der Waals surface area contributed by atoms with Gasteiger partial charge in [0.2, 0.25) is 5.88 Å². The molecule has 0 saturated carbocycles. The summed E-state index contributed by atoms with van der Waals surface area (Å²) in [7, 11) is 0. The molecule has 0 aromatic carbocycles. The van der Waals surface area contributed by atoms with Crippen LogP contribution in [-0.2, 0) is 0 Å². The topological polar surface area (TPSA) is 57.9 Å². The zero-order valence-electron chi connectivity index (χ0n) is 7.03. The van der Waals surface area contributed by atoms with Gasteiger partial charge in [-0.2, -0.15) is 5.26 Å². The van der Waals surface area contributed by atoms with Gasteiger partial charge in [0.05, 0.1) is 11.6 Å². The van der Waals surface area contributed by atoms with Gasteiger partial charge in [0, 0.05) is 25.4 Å². The molecule has 1 aromatic rings. The second-order valence-electron chi connectivity index (χ2n) is 2.89. The summed E-state index contributed by atoms with van der Waals surface area (Å²) in [5, 5.41) is 11.7. The zero-order chi connectivity index (χ0) is 9.10. The van der Waals surface area contributed by atoms with Gasteiger partial charge in [-0.3, -0.25) is 0 Å². The highest BCUT2D eigenvalue weighted by Gasteiger charge is 2.18. The van der Waals surface area contributed by atoms with Crippen molar-refractivity contribution in [2.45, 2.75) is 6.10 Å². The molecule has 2 rings (SSSR count). The van der Waals surface area contributed by atoms with E-state index in [0.29, 0.717) is 11.4 Å². The highest BCUT2D eigenvalue weighted by atomic mass is 16.5. The Hall–Kier alpha value is -1.60. The van der Waals surface area contributed by atoms with Gasteiger partial charge >= 0.3 is 0 Å². The van der Waals surface area contributed by atoms with Crippen molar-refractivity contribution >= 4 is 0 Å². The fourth-order valence-electron chi connectivity index (χ4n) is 1.06. The summed E-state index contributed by atoms with van der Waals surface area (Å²) in [6.45, 7) is 1.72. The van der Waals surface area contributed by atoms with E-state index in [1.807, 2.05) is 6.07 Å². The fraction of sp³-hybridized carbons (Fsp3) is 0.333. The maximum atomic E-state index is 8.62. The van der Waals surface area contributed by atoms with Crippen LogP contribution in [0.15, 0.2) is 18.3 Å². The molecule has 1 aromatic heterocycles. The molecule has 0 amide bonds. The van der Waals surface area contributed by atoms with Gasteiger partial charge in [0.25, 0.3) is 0 Å². The van der Waals surface area contributed by atoms with Crippen LogP contribution < -0.4 is 10.1 Å². The maximum Gasteiger partial charge on any atom is 0.214 e. The van der Waals surface area contributed by atoms with Crippen LogP contribution in [0.1, 0.15) is 5.56 Å². The molecule has 0 aliphatic carbocycles. The van der Waals surface area contributed by atoms with E-state index in [0.717, 1.165) is 13.1 Å². The Morgan fingerprint density at radius 3 is 3.08 bits per heavy atom. The molecule has 1 saturated heterocycles. The first-order chi connectivity index (χ1) is 6.38. The number of pyridine rings is 1. The van der Waals surface area contributed by atoms with Crippen LogP contribution in [0.2, 0.25) is 0 Å². The van der Waals surface area contributed by atoms with E-state index in [1.165, 1.54) is 0 Å². The number of hydrogen-bond donors (Lipinski definition) is 1. The number of rotatable bonds is 2. The molecule has 2 heterocycles. The van der Waals surface area contributed by atoms with Crippen LogP contribution in [0.25, 0.3) is 0 Å². The summed E-state index contributed by atoms with van der Waals surface area (Å²) >= 11 is 0. The number of hydrogen-bond acceptors (Lipinski definition) is 4. The van der Waals surface area contributed by atoms with Crippen molar-refractivity contribution in [3.05, 3.63) is 23.9 Å². The predicted octanol–water partition coefficient (Wildman–Crippen LogP) is 0.304. The standard InChI is InChI=1S/C9H9N3O/c10-4-7-1-2-12-9(3-7)13-8-5-11-6-8/h1-3,8,11H,5-6H2. The zero-order valence-corrected chi connectivity index (χ0v) is 7.03. The summed E-state index contributed by atoms with van der Waals surface area (Å²) in [5.41, 5.74) is 0.581. The monoisotopic (exact) mass is 175 g/mol. The fourth-order valence-corrected chi connectivity index (χ4v) is 1.06. The van der Waals surface area contributed by atoms with E-state index in [9.17, 15) is 0 Å². The summed E-state index contributed by atoms with van der Waals surface area (Å²) in [5.74, 6) is 0.533. The van der Waals surface area contributed by atoms with Gasteiger partial charge in [-0.05, 0) is 6.07 Å². The number of nitriles is 1. The first-order valence-corrected chi connectivity index (χ1v) is 4.12. The molecular weight excluding hydrogens is 166 g/mol. The third kappa shape index (κ3) is 1.76. The van der Waals surface area contributed by atoms with Gasteiger partial charge in [-0.15, -0.1) is 0 Å². The minimum absolute atomic E-state index is 0.210. The largest absolute Gasteiger partial charge is 0.472 e. The third-order valence-electron chi connectivity index (χ3n) is 1.90. The van der Waals surface area contributed by atoms with Crippen LogP contribution in [-0.4, -0.2) is 24.2 Å². The Morgan fingerprint density at radius 1 is 1.62 bits per heavy atom. The number of ether oxygens (including phenoxy) is 1.